The van der Waals surface area contributed by atoms with Crippen LogP contribution in [0.1, 0.15) is 40.2 Å². The number of ether oxygens (including phenoxy) is 3. The third kappa shape index (κ3) is 8.13. The number of aliphatic hydroxyl groups is 1. The van der Waals surface area contributed by atoms with Crippen LogP contribution in [0, 0.1) is 0 Å². The van der Waals surface area contributed by atoms with Crippen molar-refractivity contribution in [2.24, 2.45) is 0 Å². The lowest BCUT2D eigenvalue weighted by atomic mass is 10.0. The summed E-state index contributed by atoms with van der Waals surface area (Å²) in [5.41, 5.74) is 3.55. The number of sulfonamides is 1. The zero-order chi connectivity index (χ0) is 32.0. The molecule has 6 N–H and O–H groups in total. The quantitative estimate of drug-likeness (QED) is 0.115. The fourth-order valence-electron chi connectivity index (χ4n) is 4.85. The number of hydrogen-bond acceptors (Lipinski definition) is 9. The van der Waals surface area contributed by atoms with E-state index in [1.807, 2.05) is 25.1 Å². The van der Waals surface area contributed by atoms with E-state index >= 15 is 0 Å². The third-order valence-corrected chi connectivity index (χ3v) is 7.60. The number of aromatic hydroxyl groups is 1. The predicted molar refractivity (Wildman–Crippen MR) is 168 cm³/mol. The second-order valence-corrected chi connectivity index (χ2v) is 12.2. The number of aliphatic hydroxyl groups excluding tert-OH is 1. The molecule has 0 saturated carbocycles. The monoisotopic (exact) mass is 626 g/mol. The Bertz CT molecular complexity index is 1710. The van der Waals surface area contributed by atoms with Gasteiger partial charge >= 0.3 is 0 Å². The van der Waals surface area contributed by atoms with Gasteiger partial charge in [0.1, 0.15) is 11.4 Å². The summed E-state index contributed by atoms with van der Waals surface area (Å²) in [6.45, 7) is 2.46. The average molecular weight is 627 g/mol. The average Bonchev–Trinajstić information content (AvgIpc) is 3.42. The molecule has 0 aliphatic rings. The number of phenols is 1. The molecular weight excluding hydrogens is 588 g/mol. The summed E-state index contributed by atoms with van der Waals surface area (Å²) in [5, 5.41) is 27.7. The number of benzene rings is 3. The van der Waals surface area contributed by atoms with Crippen LogP contribution in [0.4, 0.5) is 5.69 Å². The Labute approximate surface area is 256 Å². The minimum atomic E-state index is -3.59. The van der Waals surface area contributed by atoms with Gasteiger partial charge in [0.05, 0.1) is 39.4 Å². The summed E-state index contributed by atoms with van der Waals surface area (Å²) in [6.07, 6.45) is 0.720. The lowest BCUT2D eigenvalue weighted by molar-refractivity contribution is 0.0946. The van der Waals surface area contributed by atoms with Crippen LogP contribution in [0.3, 0.4) is 0 Å². The summed E-state index contributed by atoms with van der Waals surface area (Å²) in [5.74, 6) is 0.997. The highest BCUT2D eigenvalue weighted by molar-refractivity contribution is 7.92. The summed E-state index contributed by atoms with van der Waals surface area (Å²) < 4.78 is 41.5. The molecule has 3 aromatic carbocycles. The Kier molecular flexibility index (Phi) is 10.2. The minimum Gasteiger partial charge on any atom is -0.506 e. The molecule has 12 nitrogen and oxygen atoms in total. The highest BCUT2D eigenvalue weighted by atomic mass is 32.2. The third-order valence-electron chi connectivity index (χ3n) is 7.01. The van der Waals surface area contributed by atoms with Crippen molar-refractivity contribution in [2.75, 3.05) is 38.9 Å². The van der Waals surface area contributed by atoms with E-state index in [1.54, 1.807) is 18.2 Å². The number of hydrogen-bond donors (Lipinski definition) is 6. The molecular formula is C31H38N4O8S. The van der Waals surface area contributed by atoms with E-state index in [1.165, 1.54) is 39.5 Å². The van der Waals surface area contributed by atoms with Gasteiger partial charge in [0, 0.05) is 30.0 Å². The highest BCUT2D eigenvalue weighted by Gasteiger charge is 2.17. The molecule has 0 saturated heterocycles. The van der Waals surface area contributed by atoms with Crippen LogP contribution in [-0.2, 0) is 23.0 Å². The van der Waals surface area contributed by atoms with Gasteiger partial charge in [0.2, 0.25) is 15.8 Å². The number of fused-ring (bicyclic) bond motifs is 1. The fourth-order valence-corrected chi connectivity index (χ4v) is 5.41. The van der Waals surface area contributed by atoms with E-state index in [9.17, 15) is 23.4 Å². The largest absolute Gasteiger partial charge is 0.506 e. The number of aromatic nitrogens is 1. The van der Waals surface area contributed by atoms with Crippen molar-refractivity contribution in [3.63, 3.8) is 0 Å². The molecule has 0 aliphatic heterocycles. The van der Waals surface area contributed by atoms with Crippen LogP contribution >= 0.6 is 0 Å². The van der Waals surface area contributed by atoms with E-state index in [-0.39, 0.29) is 36.5 Å². The van der Waals surface area contributed by atoms with Gasteiger partial charge in [0.25, 0.3) is 5.91 Å². The summed E-state index contributed by atoms with van der Waals surface area (Å²) in [6, 6.07) is 15.6. The van der Waals surface area contributed by atoms with Gasteiger partial charge in [-0.05, 0) is 72.5 Å². The molecule has 0 aliphatic carbocycles. The maximum absolute atomic E-state index is 12.9. The van der Waals surface area contributed by atoms with Crippen LogP contribution < -0.4 is 29.6 Å². The van der Waals surface area contributed by atoms with Gasteiger partial charge in [-0.1, -0.05) is 12.1 Å². The second kappa shape index (κ2) is 13.9. The lowest BCUT2D eigenvalue weighted by Crippen LogP contribution is -2.32. The Morgan fingerprint density at radius 3 is 2.30 bits per heavy atom. The fraction of sp³-hybridized carbons (Fsp3) is 0.323. The number of H-pyrrole nitrogens is 1. The zero-order valence-corrected chi connectivity index (χ0v) is 26.0. The Morgan fingerprint density at radius 1 is 0.955 bits per heavy atom. The van der Waals surface area contributed by atoms with Crippen molar-refractivity contribution < 1.29 is 37.6 Å². The minimum absolute atomic E-state index is 0.00569. The maximum atomic E-state index is 12.9. The molecule has 13 heteroatoms. The molecule has 1 amide bonds. The van der Waals surface area contributed by atoms with Gasteiger partial charge in [-0.2, -0.15) is 0 Å². The molecule has 1 aromatic heterocycles. The van der Waals surface area contributed by atoms with Gasteiger partial charge in [-0.3, -0.25) is 9.52 Å². The van der Waals surface area contributed by atoms with E-state index < -0.39 is 16.1 Å². The molecule has 4 rings (SSSR count). The van der Waals surface area contributed by atoms with E-state index in [0.717, 1.165) is 28.3 Å². The Balaban J connectivity index is 1.35. The van der Waals surface area contributed by atoms with Crippen LogP contribution in [-0.4, -0.2) is 69.7 Å². The summed E-state index contributed by atoms with van der Waals surface area (Å²) in [7, 11) is 1.02. The molecule has 0 bridgehead atoms. The van der Waals surface area contributed by atoms with E-state index in [0.29, 0.717) is 34.9 Å². The number of nitrogens with one attached hydrogen (secondary N) is 4. The summed E-state index contributed by atoms with van der Waals surface area (Å²) in [4.78, 5) is 16.1. The number of amides is 1. The van der Waals surface area contributed by atoms with Crippen molar-refractivity contribution in [3.8, 4) is 23.0 Å². The Hall–Kier alpha value is -4.46. The molecule has 2 atom stereocenters. The Morgan fingerprint density at radius 2 is 1.66 bits per heavy atom. The van der Waals surface area contributed by atoms with Crippen molar-refractivity contribution >= 4 is 32.5 Å². The van der Waals surface area contributed by atoms with Crippen LogP contribution in [0.15, 0.2) is 54.6 Å². The molecule has 0 fully saturated rings. The van der Waals surface area contributed by atoms with Crippen LogP contribution in [0.5, 0.6) is 23.0 Å². The number of aromatic amines is 1. The second-order valence-electron chi connectivity index (χ2n) is 10.5. The first kappa shape index (κ1) is 32.5. The number of carbonyl (C=O) groups excluding carboxylic acids is 1. The summed E-state index contributed by atoms with van der Waals surface area (Å²) >= 11 is 0. The van der Waals surface area contributed by atoms with E-state index in [2.05, 4.69) is 20.3 Å². The number of rotatable bonds is 14. The van der Waals surface area contributed by atoms with Gasteiger partial charge in [-0.25, -0.2) is 8.42 Å². The van der Waals surface area contributed by atoms with Crippen LogP contribution in [0.2, 0.25) is 0 Å². The normalized spacial score (nSPS) is 12.9. The molecule has 0 radical (unpaired) electrons. The highest BCUT2D eigenvalue weighted by Crippen LogP contribution is 2.38. The first-order valence-corrected chi connectivity index (χ1v) is 15.7. The molecule has 1 heterocycles. The molecule has 4 aromatic rings. The standard InChI is InChI=1S/C31H38N4O8S/c1-18(32-17-27(37)21-7-9-26(36)24(14-21)35-44(5,39)40)10-19-6-8-23-22(11-19)15-25(34-23)31(38)33-16-20-12-28(41-2)30(43-4)29(13-20)42-3/h6-9,11-15,18,27,32,34-37H,10,16-17H2,1-5H3,(H,33,38)/t18-,27+/m1/s1. The molecule has 44 heavy (non-hydrogen) atoms. The van der Waals surface area contributed by atoms with Gasteiger partial charge in [-0.15, -0.1) is 0 Å². The first-order chi connectivity index (χ1) is 20.9. The molecule has 0 unspecified atom stereocenters. The zero-order valence-electron chi connectivity index (χ0n) is 25.2. The molecule has 0 spiro atoms. The van der Waals surface area contributed by atoms with Crippen LogP contribution in [0.25, 0.3) is 10.9 Å². The first-order valence-electron chi connectivity index (χ1n) is 13.8. The number of phenolic OH excluding ortho intramolecular Hbond substituents is 1. The maximum Gasteiger partial charge on any atom is 0.267 e. The number of anilines is 1. The SMILES string of the molecule is COc1cc(CNC(=O)c2cc3cc(C[C@@H](C)NC[C@H](O)c4ccc(O)c(NS(C)(=O)=O)c4)ccc3[nH]2)cc(OC)c1OC. The van der Waals surface area contributed by atoms with Gasteiger partial charge < -0.3 is 40.0 Å². The number of methoxy groups -OCH3 is 3. The number of carbonyl (C=O) groups is 1. The van der Waals surface area contributed by atoms with Gasteiger partial charge in [0.15, 0.2) is 11.5 Å². The predicted octanol–water partition coefficient (Wildman–Crippen LogP) is 3.46. The topological polar surface area (TPSA) is 171 Å². The van der Waals surface area contributed by atoms with E-state index in [4.69, 9.17) is 14.2 Å². The van der Waals surface area contributed by atoms with Crippen molar-refractivity contribution in [3.05, 3.63) is 77.0 Å². The van der Waals surface area contributed by atoms with Crippen molar-refractivity contribution in [1.29, 1.82) is 0 Å². The smallest absolute Gasteiger partial charge is 0.267 e. The van der Waals surface area contributed by atoms with Crippen molar-refractivity contribution in [1.82, 2.24) is 15.6 Å². The van der Waals surface area contributed by atoms with Crippen molar-refractivity contribution in [2.45, 2.75) is 32.0 Å². The lowest BCUT2D eigenvalue weighted by Gasteiger charge is -2.18. The molecule has 236 valence electrons.